The van der Waals surface area contributed by atoms with Gasteiger partial charge in [-0.25, -0.2) is 0 Å². The van der Waals surface area contributed by atoms with Gasteiger partial charge in [0, 0.05) is 37.2 Å². The lowest BCUT2D eigenvalue weighted by molar-refractivity contribution is 1.29. The second kappa shape index (κ2) is 10.3. The molecule has 1 aromatic heterocycles. The van der Waals surface area contributed by atoms with E-state index in [1.807, 2.05) is 11.3 Å². The van der Waals surface area contributed by atoms with E-state index in [-0.39, 0.29) is 0 Å². The molecule has 0 bridgehead atoms. The summed E-state index contributed by atoms with van der Waals surface area (Å²) in [5.74, 6) is 0. The Morgan fingerprint density at radius 3 is 1.74 bits per heavy atom. The Morgan fingerprint density at radius 2 is 0.976 bits per heavy atom. The lowest BCUT2D eigenvalue weighted by Crippen LogP contribution is -2.09. The average Bonchev–Trinajstić information content (AvgIpc) is 3.45. The zero-order valence-electron chi connectivity index (χ0n) is 22.9. The molecule has 0 atom stereocenters. The molecule has 0 aliphatic rings. The molecule has 0 N–H and O–H groups in total. The van der Waals surface area contributed by atoms with Gasteiger partial charge in [0.05, 0.1) is 0 Å². The fourth-order valence-corrected chi connectivity index (χ4v) is 7.22. The molecule has 0 aliphatic carbocycles. The van der Waals surface area contributed by atoms with Crippen molar-refractivity contribution in [3.05, 3.63) is 164 Å². The summed E-state index contributed by atoms with van der Waals surface area (Å²) >= 11 is 1.87. The summed E-state index contributed by atoms with van der Waals surface area (Å²) in [5.41, 5.74) is 8.32. The molecule has 8 rings (SSSR count). The van der Waals surface area contributed by atoms with Gasteiger partial charge < -0.3 is 4.90 Å². The minimum atomic E-state index is 1.13. The molecule has 0 fully saturated rings. The first kappa shape index (κ1) is 24.6. The summed E-state index contributed by atoms with van der Waals surface area (Å²) in [6, 6.07) is 59.1. The van der Waals surface area contributed by atoms with Gasteiger partial charge >= 0.3 is 0 Å². The Morgan fingerprint density at radius 1 is 0.381 bits per heavy atom. The van der Waals surface area contributed by atoms with E-state index in [9.17, 15) is 0 Å². The highest BCUT2D eigenvalue weighted by atomic mass is 32.1. The minimum Gasteiger partial charge on any atom is -0.310 e. The number of fused-ring (bicyclic) bond motifs is 5. The second-order valence-corrected chi connectivity index (χ2v) is 11.7. The van der Waals surface area contributed by atoms with Crippen molar-refractivity contribution in [3.8, 4) is 22.3 Å². The predicted octanol–water partition coefficient (Wildman–Crippen LogP) is 12.0. The van der Waals surface area contributed by atoms with E-state index in [1.54, 1.807) is 0 Å². The Bertz CT molecular complexity index is 2180. The van der Waals surface area contributed by atoms with E-state index in [2.05, 4.69) is 169 Å². The number of para-hydroxylation sites is 1. The van der Waals surface area contributed by atoms with E-state index in [0.717, 1.165) is 17.1 Å². The molecule has 0 saturated carbocycles. The van der Waals surface area contributed by atoms with Gasteiger partial charge in [0.25, 0.3) is 0 Å². The van der Waals surface area contributed by atoms with Crippen molar-refractivity contribution in [2.45, 2.75) is 0 Å². The lowest BCUT2D eigenvalue weighted by Gasteiger charge is -2.26. The van der Waals surface area contributed by atoms with Crippen molar-refractivity contribution in [2.24, 2.45) is 0 Å². The number of anilines is 3. The molecular weight excluding hydrogens is 527 g/mol. The van der Waals surface area contributed by atoms with Gasteiger partial charge in [-0.15, -0.1) is 11.3 Å². The van der Waals surface area contributed by atoms with Gasteiger partial charge in [-0.1, -0.05) is 115 Å². The third-order valence-corrected chi connectivity index (χ3v) is 9.20. The highest BCUT2D eigenvalue weighted by Crippen LogP contribution is 2.42. The fourth-order valence-electron chi connectivity index (χ4n) is 6.10. The largest absolute Gasteiger partial charge is 0.310 e. The molecule has 0 radical (unpaired) electrons. The summed E-state index contributed by atoms with van der Waals surface area (Å²) in [7, 11) is 0. The molecule has 198 valence electrons. The molecule has 1 nitrogen and oxygen atoms in total. The van der Waals surface area contributed by atoms with Crippen LogP contribution >= 0.6 is 11.3 Å². The van der Waals surface area contributed by atoms with Crippen LogP contribution in [0.1, 0.15) is 0 Å². The van der Waals surface area contributed by atoms with Gasteiger partial charge in [-0.2, -0.15) is 0 Å². The highest BCUT2D eigenvalue weighted by molar-refractivity contribution is 7.26. The Balaban J connectivity index is 1.24. The van der Waals surface area contributed by atoms with Crippen molar-refractivity contribution < 1.29 is 0 Å². The average molecular weight is 554 g/mol. The van der Waals surface area contributed by atoms with Crippen molar-refractivity contribution in [2.75, 3.05) is 4.90 Å². The van der Waals surface area contributed by atoms with E-state index in [1.165, 1.54) is 53.2 Å². The first-order chi connectivity index (χ1) is 20.8. The van der Waals surface area contributed by atoms with Gasteiger partial charge in [-0.3, -0.25) is 0 Å². The van der Waals surface area contributed by atoms with Crippen LogP contribution in [0.5, 0.6) is 0 Å². The normalized spacial score (nSPS) is 11.3. The molecule has 0 amide bonds. The summed E-state index contributed by atoms with van der Waals surface area (Å²) in [6.07, 6.45) is 0. The number of hydrogen-bond acceptors (Lipinski definition) is 2. The zero-order valence-corrected chi connectivity index (χ0v) is 23.8. The Hall–Kier alpha value is -5.18. The minimum absolute atomic E-state index is 1.13. The molecule has 0 saturated heterocycles. The third-order valence-electron chi connectivity index (χ3n) is 8.06. The first-order valence-corrected chi connectivity index (χ1v) is 15.1. The molecule has 8 aromatic rings. The Kier molecular flexibility index (Phi) is 6.05. The van der Waals surface area contributed by atoms with E-state index < -0.39 is 0 Å². The van der Waals surface area contributed by atoms with E-state index in [4.69, 9.17) is 0 Å². The summed E-state index contributed by atoms with van der Waals surface area (Å²) < 4.78 is 2.67. The molecule has 1 heterocycles. The molecular formula is C40H27NS. The van der Waals surface area contributed by atoms with Gasteiger partial charge in [0.1, 0.15) is 0 Å². The number of nitrogens with zero attached hydrogens (tertiary/aromatic N) is 1. The van der Waals surface area contributed by atoms with Crippen molar-refractivity contribution >= 4 is 59.3 Å². The summed E-state index contributed by atoms with van der Waals surface area (Å²) in [4.78, 5) is 2.35. The topological polar surface area (TPSA) is 3.24 Å². The van der Waals surface area contributed by atoms with Crippen molar-refractivity contribution in [3.63, 3.8) is 0 Å². The second-order valence-electron chi connectivity index (χ2n) is 10.6. The monoisotopic (exact) mass is 553 g/mol. The fraction of sp³-hybridized carbons (Fsp3) is 0. The Labute approximate surface area is 249 Å². The van der Waals surface area contributed by atoms with Crippen molar-refractivity contribution in [1.29, 1.82) is 0 Å². The van der Waals surface area contributed by atoms with Crippen LogP contribution in [0.4, 0.5) is 17.1 Å². The van der Waals surface area contributed by atoms with Crippen LogP contribution in [-0.4, -0.2) is 0 Å². The van der Waals surface area contributed by atoms with Gasteiger partial charge in [0.15, 0.2) is 0 Å². The quantitative estimate of drug-likeness (QED) is 0.205. The van der Waals surface area contributed by atoms with Gasteiger partial charge in [-0.05, 0) is 81.6 Å². The molecule has 7 aromatic carbocycles. The van der Waals surface area contributed by atoms with Gasteiger partial charge in [0.2, 0.25) is 0 Å². The van der Waals surface area contributed by atoms with Crippen LogP contribution in [0.2, 0.25) is 0 Å². The molecule has 42 heavy (non-hydrogen) atoms. The van der Waals surface area contributed by atoms with Crippen LogP contribution in [0.25, 0.3) is 53.2 Å². The number of benzene rings is 7. The highest BCUT2D eigenvalue weighted by Gasteiger charge is 2.15. The maximum atomic E-state index is 2.35. The molecule has 0 spiro atoms. The van der Waals surface area contributed by atoms with E-state index in [0.29, 0.717) is 0 Å². The SMILES string of the molecule is c1ccc(-c2ccccc2-c2ccc(N(c3ccccc3)c3ccc4c(ccc5sc6ccccc6c54)c3)cc2)cc1. The molecule has 0 aliphatic heterocycles. The van der Waals surface area contributed by atoms with Crippen LogP contribution in [0.15, 0.2) is 164 Å². The van der Waals surface area contributed by atoms with Crippen LogP contribution in [0, 0.1) is 0 Å². The maximum absolute atomic E-state index is 2.35. The first-order valence-electron chi connectivity index (χ1n) is 14.3. The van der Waals surface area contributed by atoms with Crippen molar-refractivity contribution in [1.82, 2.24) is 0 Å². The zero-order chi connectivity index (χ0) is 27.9. The number of thiophene rings is 1. The van der Waals surface area contributed by atoms with Crippen LogP contribution < -0.4 is 4.90 Å². The number of rotatable bonds is 5. The van der Waals surface area contributed by atoms with Crippen LogP contribution in [-0.2, 0) is 0 Å². The number of hydrogen-bond donors (Lipinski definition) is 0. The third kappa shape index (κ3) is 4.25. The molecule has 2 heteroatoms. The summed E-state index contributed by atoms with van der Waals surface area (Å²) in [5, 5.41) is 5.24. The maximum Gasteiger partial charge on any atom is 0.0468 e. The van der Waals surface area contributed by atoms with Crippen LogP contribution in [0.3, 0.4) is 0 Å². The molecule has 0 unspecified atom stereocenters. The smallest absolute Gasteiger partial charge is 0.0468 e. The standard InChI is InChI=1S/C40H27NS/c1-3-11-28(12-4-1)34-15-7-8-16-35(34)29-19-22-32(23-20-29)41(31-13-5-2-6-14-31)33-24-25-36-30(27-33)21-26-39-40(36)37-17-9-10-18-38(37)42-39/h1-27H. The summed E-state index contributed by atoms with van der Waals surface area (Å²) in [6.45, 7) is 0. The lowest BCUT2D eigenvalue weighted by atomic mass is 9.94. The van der Waals surface area contributed by atoms with E-state index >= 15 is 0 Å². The predicted molar refractivity (Wildman–Crippen MR) is 182 cm³/mol.